The summed E-state index contributed by atoms with van der Waals surface area (Å²) in [5.41, 5.74) is 5.98. The first kappa shape index (κ1) is 11.3. The molecule has 0 radical (unpaired) electrons. The van der Waals surface area contributed by atoms with Crippen LogP contribution in [-0.2, 0) is 11.3 Å². The number of hydrogen-bond acceptors (Lipinski definition) is 4. The van der Waals surface area contributed by atoms with Gasteiger partial charge in [0.2, 0.25) is 0 Å². The van der Waals surface area contributed by atoms with Crippen LogP contribution in [0.5, 0.6) is 0 Å². The largest absolute Gasteiger partial charge is 0.380 e. The van der Waals surface area contributed by atoms with Crippen molar-refractivity contribution < 1.29 is 9.13 Å². The molecule has 4 nitrogen and oxygen atoms in total. The average Bonchev–Trinajstić information content (AvgIpc) is 2.58. The molecular weight excluding hydrogens is 209 g/mol. The lowest BCUT2D eigenvalue weighted by Gasteiger charge is -2.21. The number of hydrogen-bond donors (Lipinski definition) is 1. The average molecular weight is 225 g/mol. The Morgan fingerprint density at radius 2 is 2.31 bits per heavy atom. The van der Waals surface area contributed by atoms with Crippen molar-refractivity contribution in [3.05, 3.63) is 23.6 Å². The molecule has 2 rings (SSSR count). The second-order valence-corrected chi connectivity index (χ2v) is 3.76. The van der Waals surface area contributed by atoms with E-state index in [0.29, 0.717) is 24.5 Å². The number of ether oxygens (including phenoxy) is 1. The molecule has 16 heavy (non-hydrogen) atoms. The second-order valence-electron chi connectivity index (χ2n) is 3.76. The maximum atomic E-state index is 14.0. The molecule has 1 aromatic heterocycles. The normalized spacial score (nSPS) is 17.2. The number of halogens is 1. The van der Waals surface area contributed by atoms with E-state index in [2.05, 4.69) is 4.98 Å². The number of pyridine rings is 1. The minimum Gasteiger partial charge on any atom is -0.380 e. The van der Waals surface area contributed by atoms with Crippen LogP contribution < -0.4 is 10.6 Å². The smallest absolute Gasteiger partial charge is 0.170 e. The van der Waals surface area contributed by atoms with Gasteiger partial charge in [0.05, 0.1) is 6.61 Å². The van der Waals surface area contributed by atoms with E-state index < -0.39 is 0 Å². The molecule has 0 saturated carbocycles. The summed E-state index contributed by atoms with van der Waals surface area (Å²) >= 11 is 0. The third kappa shape index (κ3) is 2.31. The molecule has 1 saturated heterocycles. The van der Waals surface area contributed by atoms with Crippen LogP contribution in [0.2, 0.25) is 0 Å². The van der Waals surface area contributed by atoms with Gasteiger partial charge < -0.3 is 15.4 Å². The molecule has 0 spiro atoms. The number of rotatable bonds is 2. The summed E-state index contributed by atoms with van der Waals surface area (Å²) in [7, 11) is 0. The quantitative estimate of drug-likeness (QED) is 0.812. The van der Waals surface area contributed by atoms with Gasteiger partial charge in [0.15, 0.2) is 11.6 Å². The highest BCUT2D eigenvalue weighted by molar-refractivity contribution is 5.43. The van der Waals surface area contributed by atoms with Crippen LogP contribution in [0.1, 0.15) is 12.0 Å². The molecule has 88 valence electrons. The highest BCUT2D eigenvalue weighted by atomic mass is 19.1. The summed E-state index contributed by atoms with van der Waals surface area (Å²) in [6.07, 6.45) is 2.50. The molecule has 0 bridgehead atoms. The molecule has 0 amide bonds. The molecule has 0 atom stereocenters. The van der Waals surface area contributed by atoms with Gasteiger partial charge in [-0.3, -0.25) is 0 Å². The lowest BCUT2D eigenvalue weighted by molar-refractivity contribution is 0.152. The molecule has 2 heterocycles. The SMILES string of the molecule is NCc1ccnc(N2CCCOCC2)c1F. The Bertz CT molecular complexity index is 351. The predicted molar refractivity (Wildman–Crippen MR) is 59.7 cm³/mol. The summed E-state index contributed by atoms with van der Waals surface area (Å²) in [5, 5.41) is 0. The molecule has 1 fully saturated rings. The first-order valence-electron chi connectivity index (χ1n) is 5.49. The molecule has 1 aromatic rings. The maximum Gasteiger partial charge on any atom is 0.170 e. The van der Waals surface area contributed by atoms with Crippen molar-refractivity contribution in [2.24, 2.45) is 5.73 Å². The Morgan fingerprint density at radius 3 is 3.12 bits per heavy atom. The van der Waals surface area contributed by atoms with Crippen molar-refractivity contribution in [1.29, 1.82) is 0 Å². The summed E-state index contributed by atoms with van der Waals surface area (Å²) in [4.78, 5) is 6.01. The molecule has 1 aliphatic rings. The van der Waals surface area contributed by atoms with Gasteiger partial charge in [0.1, 0.15) is 0 Å². The Balaban J connectivity index is 2.24. The van der Waals surface area contributed by atoms with Crippen LogP contribution in [0.4, 0.5) is 10.2 Å². The number of nitrogens with two attached hydrogens (primary N) is 1. The monoisotopic (exact) mass is 225 g/mol. The Labute approximate surface area is 94.2 Å². The minimum absolute atomic E-state index is 0.200. The molecule has 0 unspecified atom stereocenters. The zero-order valence-corrected chi connectivity index (χ0v) is 9.16. The Hall–Kier alpha value is -1.20. The third-order valence-electron chi connectivity index (χ3n) is 2.69. The number of anilines is 1. The molecule has 0 aliphatic carbocycles. The lowest BCUT2D eigenvalue weighted by Crippen LogP contribution is -2.28. The zero-order chi connectivity index (χ0) is 11.4. The van der Waals surface area contributed by atoms with E-state index in [1.165, 1.54) is 0 Å². The maximum absolute atomic E-state index is 14.0. The molecule has 5 heteroatoms. The fraction of sp³-hybridized carbons (Fsp3) is 0.545. The van der Waals surface area contributed by atoms with Crippen molar-refractivity contribution in [1.82, 2.24) is 4.98 Å². The number of aromatic nitrogens is 1. The summed E-state index contributed by atoms with van der Waals surface area (Å²) in [5.74, 6) is 0.0975. The predicted octanol–water partition coefficient (Wildman–Crippen LogP) is 0.906. The van der Waals surface area contributed by atoms with Crippen molar-refractivity contribution >= 4 is 5.82 Å². The summed E-state index contributed by atoms with van der Waals surface area (Å²) in [6, 6.07) is 1.62. The third-order valence-corrected chi connectivity index (χ3v) is 2.69. The van der Waals surface area contributed by atoms with Crippen molar-refractivity contribution in [3.63, 3.8) is 0 Å². The van der Waals surface area contributed by atoms with Crippen LogP contribution in [0.25, 0.3) is 0 Å². The zero-order valence-electron chi connectivity index (χ0n) is 9.16. The topological polar surface area (TPSA) is 51.4 Å². The molecule has 0 aromatic carbocycles. The van der Waals surface area contributed by atoms with Gasteiger partial charge in [-0.25, -0.2) is 9.37 Å². The van der Waals surface area contributed by atoms with Crippen molar-refractivity contribution in [2.45, 2.75) is 13.0 Å². The number of nitrogens with zero attached hydrogens (tertiary/aromatic N) is 2. The van der Waals surface area contributed by atoms with Crippen LogP contribution in [0, 0.1) is 5.82 Å². The molecular formula is C11H16FN3O. The standard InChI is InChI=1S/C11H16FN3O/c12-10-9(8-13)2-3-14-11(10)15-4-1-6-16-7-5-15/h2-3H,1,4-8,13H2. The summed E-state index contributed by atoms with van der Waals surface area (Å²) in [6.45, 7) is 3.00. The highest BCUT2D eigenvalue weighted by Crippen LogP contribution is 2.20. The van der Waals surface area contributed by atoms with Gasteiger partial charge in [-0.15, -0.1) is 0 Å². The Kier molecular flexibility index (Phi) is 3.69. The van der Waals surface area contributed by atoms with E-state index >= 15 is 0 Å². The van der Waals surface area contributed by atoms with E-state index in [-0.39, 0.29) is 12.4 Å². The lowest BCUT2D eigenvalue weighted by atomic mass is 10.2. The van der Waals surface area contributed by atoms with E-state index in [9.17, 15) is 4.39 Å². The minimum atomic E-state index is -0.299. The van der Waals surface area contributed by atoms with Crippen molar-refractivity contribution in [3.8, 4) is 0 Å². The second kappa shape index (κ2) is 5.23. The Morgan fingerprint density at radius 1 is 1.44 bits per heavy atom. The summed E-state index contributed by atoms with van der Waals surface area (Å²) < 4.78 is 19.3. The molecule has 2 N–H and O–H groups in total. The van der Waals surface area contributed by atoms with Gasteiger partial charge in [0, 0.05) is 38.0 Å². The van der Waals surface area contributed by atoms with Gasteiger partial charge in [-0.2, -0.15) is 0 Å². The fourth-order valence-electron chi connectivity index (χ4n) is 1.81. The van der Waals surface area contributed by atoms with Gasteiger partial charge >= 0.3 is 0 Å². The fourth-order valence-corrected chi connectivity index (χ4v) is 1.81. The highest BCUT2D eigenvalue weighted by Gasteiger charge is 2.17. The van der Waals surface area contributed by atoms with E-state index in [1.807, 2.05) is 4.90 Å². The van der Waals surface area contributed by atoms with E-state index in [1.54, 1.807) is 12.3 Å². The molecule has 1 aliphatic heterocycles. The van der Waals surface area contributed by atoms with Crippen LogP contribution >= 0.6 is 0 Å². The first-order valence-corrected chi connectivity index (χ1v) is 5.49. The van der Waals surface area contributed by atoms with Crippen LogP contribution in [0.3, 0.4) is 0 Å². The van der Waals surface area contributed by atoms with Crippen LogP contribution in [0.15, 0.2) is 12.3 Å². The van der Waals surface area contributed by atoms with Gasteiger partial charge in [-0.1, -0.05) is 0 Å². The van der Waals surface area contributed by atoms with Crippen molar-refractivity contribution in [2.75, 3.05) is 31.2 Å². The van der Waals surface area contributed by atoms with E-state index in [4.69, 9.17) is 10.5 Å². The first-order chi connectivity index (χ1) is 7.83. The van der Waals surface area contributed by atoms with E-state index in [0.717, 1.165) is 19.6 Å². The van der Waals surface area contributed by atoms with Gasteiger partial charge in [-0.05, 0) is 12.5 Å². The van der Waals surface area contributed by atoms with Gasteiger partial charge in [0.25, 0.3) is 0 Å². The van der Waals surface area contributed by atoms with Crippen LogP contribution in [-0.4, -0.2) is 31.3 Å².